The molecule has 0 saturated heterocycles. The van der Waals surface area contributed by atoms with Crippen molar-refractivity contribution in [2.75, 3.05) is 24.7 Å². The van der Waals surface area contributed by atoms with Gasteiger partial charge in [0, 0.05) is 41.9 Å². The third-order valence-corrected chi connectivity index (χ3v) is 4.58. The summed E-state index contributed by atoms with van der Waals surface area (Å²) < 4.78 is 0. The van der Waals surface area contributed by atoms with Gasteiger partial charge in [-0.2, -0.15) is 11.8 Å². The molecule has 132 valence electrons. The van der Waals surface area contributed by atoms with E-state index in [-0.39, 0.29) is 18.4 Å². The number of aromatic nitrogens is 1. The molecule has 7 heteroatoms. The summed E-state index contributed by atoms with van der Waals surface area (Å²) in [6.45, 7) is 0.0102. The molecule has 0 aliphatic rings. The Morgan fingerprint density at radius 3 is 2.80 bits per heavy atom. The SMILES string of the molecule is CN(CC(=O)Nc1cccc(Cl)c1)C(=O)CCSCc1ccccn1. The minimum Gasteiger partial charge on any atom is -0.336 e. The van der Waals surface area contributed by atoms with Crippen molar-refractivity contribution in [3.63, 3.8) is 0 Å². The number of thioether (sulfide) groups is 1. The maximum atomic E-state index is 12.1. The standard InChI is InChI=1S/C18H20ClN3O2S/c1-22(12-17(23)21-15-7-4-5-14(19)11-15)18(24)8-10-25-13-16-6-2-3-9-20-16/h2-7,9,11H,8,10,12-13H2,1H3,(H,21,23). The van der Waals surface area contributed by atoms with E-state index in [1.54, 1.807) is 49.3 Å². The van der Waals surface area contributed by atoms with E-state index < -0.39 is 0 Å². The van der Waals surface area contributed by atoms with E-state index in [0.29, 0.717) is 22.9 Å². The predicted octanol–water partition coefficient (Wildman–Crippen LogP) is 3.46. The molecule has 2 rings (SSSR count). The van der Waals surface area contributed by atoms with Gasteiger partial charge >= 0.3 is 0 Å². The molecule has 0 aliphatic heterocycles. The lowest BCUT2D eigenvalue weighted by Gasteiger charge is -2.16. The molecule has 25 heavy (non-hydrogen) atoms. The fraction of sp³-hybridized carbons (Fsp3) is 0.278. The van der Waals surface area contributed by atoms with Crippen LogP contribution < -0.4 is 5.32 Å². The summed E-state index contributed by atoms with van der Waals surface area (Å²) in [5, 5.41) is 3.27. The van der Waals surface area contributed by atoms with Crippen LogP contribution in [0.25, 0.3) is 0 Å². The number of pyridine rings is 1. The monoisotopic (exact) mass is 377 g/mol. The van der Waals surface area contributed by atoms with Gasteiger partial charge in [-0.25, -0.2) is 0 Å². The number of rotatable bonds is 8. The van der Waals surface area contributed by atoms with Crippen LogP contribution in [0.4, 0.5) is 5.69 Å². The molecule has 5 nitrogen and oxygen atoms in total. The summed E-state index contributed by atoms with van der Waals surface area (Å²) >= 11 is 7.53. The maximum absolute atomic E-state index is 12.1. The van der Waals surface area contributed by atoms with Crippen molar-refractivity contribution in [1.82, 2.24) is 9.88 Å². The lowest BCUT2D eigenvalue weighted by molar-refractivity contribution is -0.132. The summed E-state index contributed by atoms with van der Waals surface area (Å²) in [7, 11) is 1.63. The van der Waals surface area contributed by atoms with E-state index in [0.717, 1.165) is 11.4 Å². The van der Waals surface area contributed by atoms with Crippen molar-refractivity contribution in [3.8, 4) is 0 Å². The zero-order chi connectivity index (χ0) is 18.1. The zero-order valence-electron chi connectivity index (χ0n) is 13.9. The lowest BCUT2D eigenvalue weighted by Crippen LogP contribution is -2.35. The molecule has 0 aliphatic carbocycles. The average molecular weight is 378 g/mol. The first kappa shape index (κ1) is 19.3. The van der Waals surface area contributed by atoms with Crippen LogP contribution in [0, 0.1) is 0 Å². The Morgan fingerprint density at radius 1 is 1.24 bits per heavy atom. The highest BCUT2D eigenvalue weighted by Gasteiger charge is 2.13. The van der Waals surface area contributed by atoms with Gasteiger partial charge in [-0.05, 0) is 30.3 Å². The first-order valence-electron chi connectivity index (χ1n) is 7.81. The third kappa shape index (κ3) is 7.15. The van der Waals surface area contributed by atoms with Crippen LogP contribution in [0.3, 0.4) is 0 Å². The number of hydrogen-bond donors (Lipinski definition) is 1. The number of carbonyl (C=O) groups is 2. The molecule has 2 amide bonds. The van der Waals surface area contributed by atoms with E-state index in [2.05, 4.69) is 10.3 Å². The summed E-state index contributed by atoms with van der Waals surface area (Å²) in [6.07, 6.45) is 2.14. The number of carbonyl (C=O) groups excluding carboxylic acids is 2. The van der Waals surface area contributed by atoms with E-state index in [1.807, 2.05) is 18.2 Å². The van der Waals surface area contributed by atoms with Gasteiger partial charge in [0.1, 0.15) is 0 Å². The lowest BCUT2D eigenvalue weighted by atomic mass is 10.3. The van der Waals surface area contributed by atoms with Gasteiger partial charge in [0.05, 0.1) is 12.2 Å². The number of nitrogens with one attached hydrogen (secondary N) is 1. The molecule has 2 aromatic rings. The van der Waals surface area contributed by atoms with Crippen molar-refractivity contribution in [3.05, 3.63) is 59.4 Å². The smallest absolute Gasteiger partial charge is 0.243 e. The van der Waals surface area contributed by atoms with Crippen molar-refractivity contribution < 1.29 is 9.59 Å². The van der Waals surface area contributed by atoms with Gasteiger partial charge in [0.15, 0.2) is 0 Å². The van der Waals surface area contributed by atoms with E-state index in [9.17, 15) is 9.59 Å². The second-order valence-electron chi connectivity index (χ2n) is 5.43. The van der Waals surface area contributed by atoms with Gasteiger partial charge in [-0.15, -0.1) is 0 Å². The van der Waals surface area contributed by atoms with Crippen LogP contribution in [-0.4, -0.2) is 41.0 Å². The number of nitrogens with zero attached hydrogens (tertiary/aromatic N) is 2. The summed E-state index contributed by atoms with van der Waals surface area (Å²) in [5.74, 6) is 1.15. The van der Waals surface area contributed by atoms with Crippen molar-refractivity contribution in [1.29, 1.82) is 0 Å². The van der Waals surface area contributed by atoms with E-state index in [1.165, 1.54) is 4.90 Å². The maximum Gasteiger partial charge on any atom is 0.243 e. The second-order valence-corrected chi connectivity index (χ2v) is 6.97. The topological polar surface area (TPSA) is 62.3 Å². The number of hydrogen-bond acceptors (Lipinski definition) is 4. The summed E-state index contributed by atoms with van der Waals surface area (Å²) in [4.78, 5) is 29.8. The van der Waals surface area contributed by atoms with Gasteiger partial charge in [0.2, 0.25) is 11.8 Å². The Balaban J connectivity index is 1.68. The number of anilines is 1. The van der Waals surface area contributed by atoms with Crippen LogP contribution in [0.15, 0.2) is 48.7 Å². The quantitative estimate of drug-likeness (QED) is 0.715. The Labute approximate surface area is 156 Å². The first-order valence-corrected chi connectivity index (χ1v) is 9.35. The molecule has 1 N–H and O–H groups in total. The highest BCUT2D eigenvalue weighted by atomic mass is 35.5. The van der Waals surface area contributed by atoms with Gasteiger partial charge in [-0.3, -0.25) is 14.6 Å². The molecule has 0 spiro atoms. The fourth-order valence-electron chi connectivity index (χ4n) is 2.08. The zero-order valence-corrected chi connectivity index (χ0v) is 15.5. The van der Waals surface area contributed by atoms with Crippen LogP contribution in [0.1, 0.15) is 12.1 Å². The molecule has 1 aromatic heterocycles. The predicted molar refractivity (Wildman–Crippen MR) is 103 cm³/mol. The fourth-order valence-corrected chi connectivity index (χ4v) is 3.11. The van der Waals surface area contributed by atoms with Gasteiger partial charge in [-0.1, -0.05) is 23.7 Å². The molecule has 1 heterocycles. The Bertz CT molecular complexity index is 712. The minimum absolute atomic E-state index is 0.0102. The molecule has 0 saturated carbocycles. The number of likely N-dealkylation sites (N-methyl/N-ethyl adjacent to an activating group) is 1. The Morgan fingerprint density at radius 2 is 2.08 bits per heavy atom. The summed E-state index contributed by atoms with van der Waals surface area (Å²) in [5.41, 5.74) is 1.61. The molecular weight excluding hydrogens is 358 g/mol. The van der Waals surface area contributed by atoms with Crippen molar-refractivity contribution in [2.45, 2.75) is 12.2 Å². The number of benzene rings is 1. The molecule has 0 unspecified atom stereocenters. The van der Waals surface area contributed by atoms with Crippen LogP contribution in [0.5, 0.6) is 0 Å². The molecular formula is C18H20ClN3O2S. The van der Waals surface area contributed by atoms with E-state index >= 15 is 0 Å². The Kier molecular flexibility index (Phi) is 7.76. The van der Waals surface area contributed by atoms with Crippen molar-refractivity contribution >= 4 is 40.9 Å². The molecule has 1 aromatic carbocycles. The molecule has 0 radical (unpaired) electrons. The second kappa shape index (κ2) is 10.1. The first-order chi connectivity index (χ1) is 12.0. The molecule has 0 atom stereocenters. The average Bonchev–Trinajstić information content (AvgIpc) is 2.59. The van der Waals surface area contributed by atoms with Crippen molar-refractivity contribution in [2.24, 2.45) is 0 Å². The van der Waals surface area contributed by atoms with Crippen LogP contribution in [-0.2, 0) is 15.3 Å². The van der Waals surface area contributed by atoms with Gasteiger partial charge < -0.3 is 10.2 Å². The van der Waals surface area contributed by atoms with Gasteiger partial charge in [0.25, 0.3) is 0 Å². The summed E-state index contributed by atoms with van der Waals surface area (Å²) in [6, 6.07) is 12.7. The highest BCUT2D eigenvalue weighted by molar-refractivity contribution is 7.98. The number of amides is 2. The normalized spacial score (nSPS) is 10.3. The Hall–Kier alpha value is -2.05. The van der Waals surface area contributed by atoms with E-state index in [4.69, 9.17) is 11.6 Å². The third-order valence-electron chi connectivity index (χ3n) is 3.35. The highest BCUT2D eigenvalue weighted by Crippen LogP contribution is 2.15. The van der Waals surface area contributed by atoms with Crippen LogP contribution in [0.2, 0.25) is 5.02 Å². The molecule has 0 fully saturated rings. The minimum atomic E-state index is -0.251. The molecule has 0 bridgehead atoms. The number of halogens is 1. The van der Waals surface area contributed by atoms with Crippen LogP contribution >= 0.6 is 23.4 Å². The largest absolute Gasteiger partial charge is 0.336 e.